The lowest BCUT2D eigenvalue weighted by Gasteiger charge is -2.32. The molecule has 0 bridgehead atoms. The summed E-state index contributed by atoms with van der Waals surface area (Å²) in [4.78, 5) is 24.3. The van der Waals surface area contributed by atoms with Crippen molar-refractivity contribution in [3.63, 3.8) is 0 Å². The zero-order valence-electron chi connectivity index (χ0n) is 11.7. The number of carbonyl (C=O) groups is 2. The van der Waals surface area contributed by atoms with Gasteiger partial charge in [0.2, 0.25) is 5.91 Å². The highest BCUT2D eigenvalue weighted by Gasteiger charge is 2.23. The Bertz CT molecular complexity index is 343. The van der Waals surface area contributed by atoms with E-state index in [9.17, 15) is 9.59 Å². The first-order valence-corrected chi connectivity index (χ1v) is 6.84. The van der Waals surface area contributed by atoms with E-state index in [2.05, 4.69) is 0 Å². The number of aliphatic carboxylic acids is 1. The lowest BCUT2D eigenvalue weighted by Crippen LogP contribution is -2.41. The van der Waals surface area contributed by atoms with Crippen LogP contribution in [-0.2, 0) is 14.3 Å². The van der Waals surface area contributed by atoms with Gasteiger partial charge < -0.3 is 14.7 Å². The molecule has 5 heteroatoms. The predicted octanol–water partition coefficient (Wildman–Crippen LogP) is 1.82. The van der Waals surface area contributed by atoms with E-state index in [-0.39, 0.29) is 25.0 Å². The summed E-state index contributed by atoms with van der Waals surface area (Å²) in [7, 11) is 0. The standard InChI is InChI=1S/C14H23NO4/c1-3-4-11(2)14(18)15-8-5-12(6-9-15)19-10-7-13(16)17/h4,12H,3,5-10H2,1-2H3,(H,16,17). The van der Waals surface area contributed by atoms with Gasteiger partial charge in [0.15, 0.2) is 0 Å². The van der Waals surface area contributed by atoms with E-state index in [1.54, 1.807) is 0 Å². The van der Waals surface area contributed by atoms with E-state index >= 15 is 0 Å². The van der Waals surface area contributed by atoms with Crippen molar-refractivity contribution < 1.29 is 19.4 Å². The number of piperidine rings is 1. The number of allylic oxidation sites excluding steroid dienone is 1. The summed E-state index contributed by atoms with van der Waals surface area (Å²) in [5, 5.41) is 8.53. The number of hydrogen-bond acceptors (Lipinski definition) is 3. The van der Waals surface area contributed by atoms with E-state index in [4.69, 9.17) is 9.84 Å². The van der Waals surface area contributed by atoms with Gasteiger partial charge in [0.1, 0.15) is 0 Å². The first kappa shape index (κ1) is 15.7. The molecule has 1 N–H and O–H groups in total. The monoisotopic (exact) mass is 269 g/mol. The molecule has 0 aliphatic carbocycles. The molecule has 0 unspecified atom stereocenters. The number of ether oxygens (including phenoxy) is 1. The van der Waals surface area contributed by atoms with E-state index < -0.39 is 5.97 Å². The molecule has 1 rings (SSSR count). The summed E-state index contributed by atoms with van der Waals surface area (Å²) in [5.41, 5.74) is 0.799. The number of likely N-dealkylation sites (tertiary alicyclic amines) is 1. The van der Waals surface area contributed by atoms with Gasteiger partial charge in [-0.25, -0.2) is 0 Å². The SMILES string of the molecule is CCC=C(C)C(=O)N1CCC(OCCC(=O)O)CC1. The molecule has 0 atom stereocenters. The minimum atomic E-state index is -0.840. The van der Waals surface area contributed by atoms with Gasteiger partial charge in [-0.3, -0.25) is 9.59 Å². The zero-order chi connectivity index (χ0) is 14.3. The Labute approximate surface area is 114 Å². The van der Waals surface area contributed by atoms with Gasteiger partial charge in [-0.05, 0) is 26.2 Å². The molecule has 0 aromatic rings. The van der Waals surface area contributed by atoms with Gasteiger partial charge in [0.25, 0.3) is 0 Å². The van der Waals surface area contributed by atoms with Crippen LogP contribution in [0.25, 0.3) is 0 Å². The van der Waals surface area contributed by atoms with Gasteiger partial charge in [0.05, 0.1) is 19.1 Å². The summed E-state index contributed by atoms with van der Waals surface area (Å²) >= 11 is 0. The van der Waals surface area contributed by atoms with Crippen LogP contribution in [0.3, 0.4) is 0 Å². The summed E-state index contributed by atoms with van der Waals surface area (Å²) in [6.07, 6.45) is 4.50. The molecule has 0 aromatic heterocycles. The molecular formula is C14H23NO4. The molecule has 1 heterocycles. The Hall–Kier alpha value is -1.36. The Morgan fingerprint density at radius 1 is 1.37 bits per heavy atom. The highest BCUT2D eigenvalue weighted by atomic mass is 16.5. The molecule has 1 amide bonds. The minimum Gasteiger partial charge on any atom is -0.481 e. The van der Waals surface area contributed by atoms with Gasteiger partial charge in [-0.2, -0.15) is 0 Å². The predicted molar refractivity (Wildman–Crippen MR) is 71.9 cm³/mol. The van der Waals surface area contributed by atoms with E-state index in [0.717, 1.165) is 24.8 Å². The van der Waals surface area contributed by atoms with Crippen LogP contribution < -0.4 is 0 Å². The first-order valence-electron chi connectivity index (χ1n) is 6.84. The van der Waals surface area contributed by atoms with Crippen molar-refractivity contribution in [3.05, 3.63) is 11.6 Å². The fraction of sp³-hybridized carbons (Fsp3) is 0.714. The number of carboxylic acid groups (broad SMARTS) is 1. The van der Waals surface area contributed by atoms with Crippen LogP contribution in [-0.4, -0.2) is 47.7 Å². The van der Waals surface area contributed by atoms with Gasteiger partial charge in [0, 0.05) is 18.7 Å². The van der Waals surface area contributed by atoms with Crippen molar-refractivity contribution in [2.75, 3.05) is 19.7 Å². The highest BCUT2D eigenvalue weighted by Crippen LogP contribution is 2.16. The van der Waals surface area contributed by atoms with Gasteiger partial charge in [-0.1, -0.05) is 13.0 Å². The Morgan fingerprint density at radius 3 is 2.53 bits per heavy atom. The third-order valence-electron chi connectivity index (χ3n) is 3.25. The Balaban J connectivity index is 2.30. The summed E-state index contributed by atoms with van der Waals surface area (Å²) in [5.74, 6) is -0.737. The fourth-order valence-corrected chi connectivity index (χ4v) is 2.18. The lowest BCUT2D eigenvalue weighted by atomic mass is 10.1. The fourth-order valence-electron chi connectivity index (χ4n) is 2.18. The lowest BCUT2D eigenvalue weighted by molar-refractivity contribution is -0.139. The van der Waals surface area contributed by atoms with Gasteiger partial charge in [-0.15, -0.1) is 0 Å². The molecule has 0 spiro atoms. The maximum Gasteiger partial charge on any atom is 0.305 e. The molecule has 1 fully saturated rings. The first-order chi connectivity index (χ1) is 9.04. The van der Waals surface area contributed by atoms with Crippen LogP contribution >= 0.6 is 0 Å². The molecule has 1 saturated heterocycles. The molecule has 108 valence electrons. The Morgan fingerprint density at radius 2 is 2.00 bits per heavy atom. The number of carbonyl (C=O) groups excluding carboxylic acids is 1. The minimum absolute atomic E-state index is 0.0392. The van der Waals surface area contributed by atoms with Crippen molar-refractivity contribution in [1.29, 1.82) is 0 Å². The number of amides is 1. The van der Waals surface area contributed by atoms with Crippen molar-refractivity contribution >= 4 is 11.9 Å². The van der Waals surface area contributed by atoms with Crippen molar-refractivity contribution in [1.82, 2.24) is 4.90 Å². The van der Waals surface area contributed by atoms with Crippen LogP contribution in [0.2, 0.25) is 0 Å². The Kier molecular flexibility index (Phi) is 6.56. The second-order valence-electron chi connectivity index (χ2n) is 4.80. The molecule has 0 saturated carbocycles. The number of nitrogens with zero attached hydrogens (tertiary/aromatic N) is 1. The third kappa shape index (κ3) is 5.42. The van der Waals surface area contributed by atoms with E-state index in [1.165, 1.54) is 0 Å². The molecule has 0 radical (unpaired) electrons. The molecular weight excluding hydrogens is 246 g/mol. The van der Waals surface area contributed by atoms with Crippen molar-refractivity contribution in [2.24, 2.45) is 0 Å². The van der Waals surface area contributed by atoms with Crippen LogP contribution in [0.5, 0.6) is 0 Å². The highest BCUT2D eigenvalue weighted by molar-refractivity contribution is 5.92. The summed E-state index contributed by atoms with van der Waals surface area (Å²) < 4.78 is 5.50. The van der Waals surface area contributed by atoms with Crippen molar-refractivity contribution in [3.8, 4) is 0 Å². The average molecular weight is 269 g/mol. The smallest absolute Gasteiger partial charge is 0.305 e. The van der Waals surface area contributed by atoms with Crippen LogP contribution in [0, 0.1) is 0 Å². The maximum atomic E-state index is 12.0. The molecule has 0 aromatic carbocycles. The van der Waals surface area contributed by atoms with Crippen LogP contribution in [0.1, 0.15) is 39.5 Å². The quantitative estimate of drug-likeness (QED) is 0.747. The number of rotatable bonds is 6. The zero-order valence-corrected chi connectivity index (χ0v) is 11.7. The molecule has 19 heavy (non-hydrogen) atoms. The summed E-state index contributed by atoms with van der Waals surface area (Å²) in [6, 6.07) is 0. The topological polar surface area (TPSA) is 66.8 Å². The maximum absolute atomic E-state index is 12.0. The molecule has 5 nitrogen and oxygen atoms in total. The largest absolute Gasteiger partial charge is 0.481 e. The van der Waals surface area contributed by atoms with E-state index in [0.29, 0.717) is 13.1 Å². The summed E-state index contributed by atoms with van der Waals surface area (Å²) in [6.45, 7) is 5.49. The molecule has 1 aliphatic heterocycles. The second-order valence-corrected chi connectivity index (χ2v) is 4.80. The van der Waals surface area contributed by atoms with Gasteiger partial charge >= 0.3 is 5.97 Å². The average Bonchev–Trinajstić information content (AvgIpc) is 2.38. The third-order valence-corrected chi connectivity index (χ3v) is 3.25. The molecule has 1 aliphatic rings. The van der Waals surface area contributed by atoms with Crippen LogP contribution in [0.4, 0.5) is 0 Å². The van der Waals surface area contributed by atoms with Crippen molar-refractivity contribution in [2.45, 2.75) is 45.6 Å². The van der Waals surface area contributed by atoms with Crippen LogP contribution in [0.15, 0.2) is 11.6 Å². The van der Waals surface area contributed by atoms with E-state index in [1.807, 2.05) is 24.8 Å². The second kappa shape index (κ2) is 7.94. The number of carboxylic acids is 1. The normalized spacial score (nSPS) is 17.6. The number of hydrogen-bond donors (Lipinski definition) is 1.